The Morgan fingerprint density at radius 2 is 1.91 bits per heavy atom. The molecule has 1 fully saturated rings. The van der Waals surface area contributed by atoms with Gasteiger partial charge in [-0.25, -0.2) is 4.98 Å². The van der Waals surface area contributed by atoms with E-state index < -0.39 is 23.8 Å². The molecule has 0 bridgehead atoms. The normalized spacial score (nSPS) is 21.9. The molecule has 2 aromatic heterocycles. The lowest BCUT2D eigenvalue weighted by molar-refractivity contribution is -0.137. The van der Waals surface area contributed by atoms with Gasteiger partial charge in [0, 0.05) is 44.6 Å². The number of alkyl halides is 3. The molecule has 6 nitrogen and oxygen atoms in total. The number of aliphatic hydroxyl groups is 1. The summed E-state index contributed by atoms with van der Waals surface area (Å²) in [5, 5.41) is 10.7. The summed E-state index contributed by atoms with van der Waals surface area (Å²) >= 11 is 5.98. The van der Waals surface area contributed by atoms with Crippen LogP contribution in [-0.4, -0.2) is 62.0 Å². The van der Waals surface area contributed by atoms with Crippen LogP contribution < -0.4 is 0 Å². The molecule has 0 radical (unpaired) electrons. The van der Waals surface area contributed by atoms with Crippen molar-refractivity contribution in [1.82, 2.24) is 19.2 Å². The largest absolute Gasteiger partial charge is 0.417 e. The highest BCUT2D eigenvalue weighted by Gasteiger charge is 2.36. The van der Waals surface area contributed by atoms with Crippen LogP contribution in [0.4, 0.5) is 13.2 Å². The third-order valence-electron chi connectivity index (χ3n) is 6.52. The first-order chi connectivity index (χ1) is 15.7. The third kappa shape index (κ3) is 4.20. The Balaban J connectivity index is 1.30. The molecule has 1 amide bonds. The summed E-state index contributed by atoms with van der Waals surface area (Å²) in [6.07, 6.45) is -1.66. The lowest BCUT2D eigenvalue weighted by Crippen LogP contribution is -2.56. The van der Waals surface area contributed by atoms with E-state index in [0.29, 0.717) is 13.0 Å². The maximum absolute atomic E-state index is 13.1. The van der Waals surface area contributed by atoms with Crippen molar-refractivity contribution in [3.05, 3.63) is 70.1 Å². The Labute approximate surface area is 193 Å². The van der Waals surface area contributed by atoms with Gasteiger partial charge < -0.3 is 14.4 Å². The number of hydrogen-bond donors (Lipinski definition) is 1. The van der Waals surface area contributed by atoms with Crippen LogP contribution in [0, 0.1) is 0 Å². The zero-order valence-corrected chi connectivity index (χ0v) is 18.4. The maximum atomic E-state index is 13.1. The summed E-state index contributed by atoms with van der Waals surface area (Å²) in [5.41, 5.74) is 1.74. The number of fused-ring (bicyclic) bond motifs is 2. The number of aromatic nitrogens is 2. The van der Waals surface area contributed by atoms with Crippen molar-refractivity contribution in [1.29, 1.82) is 0 Å². The lowest BCUT2D eigenvalue weighted by Gasteiger charge is -2.43. The quantitative estimate of drug-likeness (QED) is 0.611. The van der Waals surface area contributed by atoms with E-state index in [1.165, 1.54) is 22.2 Å². The summed E-state index contributed by atoms with van der Waals surface area (Å²) in [4.78, 5) is 20.9. The van der Waals surface area contributed by atoms with Gasteiger partial charge in [-0.05, 0) is 30.0 Å². The first-order valence-electron chi connectivity index (χ1n) is 10.7. The topological polar surface area (TPSA) is 61.1 Å². The van der Waals surface area contributed by atoms with Crippen LogP contribution in [0.3, 0.4) is 0 Å². The zero-order chi connectivity index (χ0) is 23.3. The molecule has 2 atom stereocenters. The summed E-state index contributed by atoms with van der Waals surface area (Å²) in [6.45, 7) is 2.17. The molecule has 1 saturated heterocycles. The number of carbonyl (C=O) groups excluding carboxylic acids is 1. The number of imidazole rings is 1. The standard InChI is InChI=1S/C23H22ClF3N4O2/c24-17-9-16(23(25,26)27)11-31-12-18(28-21(17)31)22(33)30-8-6-19(20(32)13-30)29-7-5-14-3-1-2-4-15(14)10-29/h1-4,9,11-12,19-20,32H,5-8,10,13H2/t19-,20-/m0/s1. The van der Waals surface area contributed by atoms with Crippen LogP contribution in [0.2, 0.25) is 5.02 Å². The molecule has 10 heteroatoms. The van der Waals surface area contributed by atoms with Crippen molar-refractivity contribution in [2.75, 3.05) is 19.6 Å². The number of likely N-dealkylation sites (tertiary alicyclic amines) is 1. The number of carbonyl (C=O) groups is 1. The predicted octanol–water partition coefficient (Wildman–Crippen LogP) is 3.64. The average Bonchev–Trinajstić information content (AvgIpc) is 3.22. The fourth-order valence-corrected chi connectivity index (χ4v) is 5.06. The van der Waals surface area contributed by atoms with Crippen molar-refractivity contribution in [3.8, 4) is 0 Å². The van der Waals surface area contributed by atoms with Gasteiger partial charge in [0.1, 0.15) is 5.69 Å². The van der Waals surface area contributed by atoms with E-state index in [1.54, 1.807) is 0 Å². The lowest BCUT2D eigenvalue weighted by atomic mass is 9.94. The van der Waals surface area contributed by atoms with Crippen LogP contribution in [-0.2, 0) is 19.1 Å². The van der Waals surface area contributed by atoms with Gasteiger partial charge in [-0.15, -0.1) is 0 Å². The van der Waals surface area contributed by atoms with Crippen LogP contribution in [0.5, 0.6) is 0 Å². The first-order valence-corrected chi connectivity index (χ1v) is 11.1. The van der Waals surface area contributed by atoms with Crippen molar-refractivity contribution in [3.63, 3.8) is 0 Å². The monoisotopic (exact) mass is 478 g/mol. The van der Waals surface area contributed by atoms with Gasteiger partial charge in [0.15, 0.2) is 5.65 Å². The molecular formula is C23H22ClF3N4O2. The molecule has 174 valence electrons. The maximum Gasteiger partial charge on any atom is 0.417 e. The summed E-state index contributed by atoms with van der Waals surface area (Å²) in [5.74, 6) is -0.440. The summed E-state index contributed by atoms with van der Waals surface area (Å²) in [7, 11) is 0. The molecule has 4 heterocycles. The molecular weight excluding hydrogens is 457 g/mol. The zero-order valence-electron chi connectivity index (χ0n) is 17.6. The minimum absolute atomic E-state index is 0.00576. The number of halogens is 4. The molecule has 1 N–H and O–H groups in total. The molecule has 1 aromatic carbocycles. The molecule has 33 heavy (non-hydrogen) atoms. The second-order valence-electron chi connectivity index (χ2n) is 8.60. The smallest absolute Gasteiger partial charge is 0.390 e. The second-order valence-corrected chi connectivity index (χ2v) is 9.00. The van der Waals surface area contributed by atoms with Gasteiger partial charge in [-0.2, -0.15) is 13.2 Å². The number of aliphatic hydroxyl groups excluding tert-OH is 1. The van der Waals surface area contributed by atoms with E-state index in [-0.39, 0.29) is 29.0 Å². The van der Waals surface area contributed by atoms with E-state index in [0.717, 1.165) is 36.2 Å². The van der Waals surface area contributed by atoms with Crippen molar-refractivity contribution in [2.24, 2.45) is 0 Å². The third-order valence-corrected chi connectivity index (χ3v) is 6.79. The number of pyridine rings is 1. The highest BCUT2D eigenvalue weighted by atomic mass is 35.5. The molecule has 2 aliphatic rings. The highest BCUT2D eigenvalue weighted by molar-refractivity contribution is 6.33. The number of piperidine rings is 1. The second kappa shape index (κ2) is 8.30. The number of amides is 1. The molecule has 0 unspecified atom stereocenters. The summed E-state index contributed by atoms with van der Waals surface area (Å²) < 4.78 is 40.3. The Morgan fingerprint density at radius 3 is 2.64 bits per heavy atom. The SMILES string of the molecule is O=C(c1cn2cc(C(F)(F)F)cc(Cl)c2n1)N1CC[C@H](N2CCc3ccccc3C2)[C@@H](O)C1. The summed E-state index contributed by atoms with van der Waals surface area (Å²) in [6, 6.07) is 9.01. The van der Waals surface area contributed by atoms with Crippen molar-refractivity contribution < 1.29 is 23.1 Å². The minimum Gasteiger partial charge on any atom is -0.390 e. The average molecular weight is 479 g/mol. The Hall–Kier alpha value is -2.62. The van der Waals surface area contributed by atoms with E-state index in [4.69, 9.17) is 11.6 Å². The van der Waals surface area contributed by atoms with E-state index in [2.05, 4.69) is 22.0 Å². The fourth-order valence-electron chi connectivity index (χ4n) is 4.81. The molecule has 0 saturated carbocycles. The van der Waals surface area contributed by atoms with Crippen LogP contribution >= 0.6 is 11.6 Å². The van der Waals surface area contributed by atoms with Gasteiger partial charge >= 0.3 is 6.18 Å². The number of benzene rings is 1. The molecule has 5 rings (SSSR count). The fraction of sp³-hybridized carbons (Fsp3) is 0.391. The Morgan fingerprint density at radius 1 is 1.15 bits per heavy atom. The highest BCUT2D eigenvalue weighted by Crippen LogP contribution is 2.32. The molecule has 0 aliphatic carbocycles. The van der Waals surface area contributed by atoms with Crippen molar-refractivity contribution in [2.45, 2.75) is 37.7 Å². The minimum atomic E-state index is -4.56. The number of β-amino-alcohol motifs (C(OH)–C–C–N with tert-alkyl or cyclic N) is 1. The van der Waals surface area contributed by atoms with E-state index in [9.17, 15) is 23.1 Å². The number of hydrogen-bond acceptors (Lipinski definition) is 4. The van der Waals surface area contributed by atoms with Crippen LogP contribution in [0.15, 0.2) is 42.7 Å². The Bertz CT molecular complexity index is 1210. The van der Waals surface area contributed by atoms with Gasteiger partial charge in [0.25, 0.3) is 5.91 Å². The van der Waals surface area contributed by atoms with Gasteiger partial charge in [-0.1, -0.05) is 35.9 Å². The van der Waals surface area contributed by atoms with Crippen LogP contribution in [0.1, 0.15) is 33.6 Å². The Kier molecular flexibility index (Phi) is 5.58. The molecule has 0 spiro atoms. The molecule has 2 aliphatic heterocycles. The molecule has 3 aromatic rings. The number of nitrogens with zero attached hydrogens (tertiary/aromatic N) is 4. The van der Waals surface area contributed by atoms with Gasteiger partial charge in [0.2, 0.25) is 0 Å². The van der Waals surface area contributed by atoms with Crippen LogP contribution in [0.25, 0.3) is 5.65 Å². The number of rotatable bonds is 2. The first kappa shape index (κ1) is 22.2. The predicted molar refractivity (Wildman–Crippen MR) is 116 cm³/mol. The van der Waals surface area contributed by atoms with Crippen molar-refractivity contribution >= 4 is 23.2 Å². The van der Waals surface area contributed by atoms with E-state index >= 15 is 0 Å². The van der Waals surface area contributed by atoms with Gasteiger partial charge in [-0.3, -0.25) is 9.69 Å². The van der Waals surface area contributed by atoms with E-state index in [1.807, 2.05) is 12.1 Å². The van der Waals surface area contributed by atoms with Gasteiger partial charge in [0.05, 0.1) is 16.7 Å².